The van der Waals surface area contributed by atoms with Crippen molar-refractivity contribution < 1.29 is 0 Å². The molecule has 1 aliphatic rings. The van der Waals surface area contributed by atoms with Crippen molar-refractivity contribution in [2.24, 2.45) is 0 Å². The maximum absolute atomic E-state index is 4.88. The summed E-state index contributed by atoms with van der Waals surface area (Å²) in [6, 6.07) is 11.2. The van der Waals surface area contributed by atoms with E-state index in [1.165, 1.54) is 11.1 Å². The largest absolute Gasteiger partial charge is 0.368 e. The summed E-state index contributed by atoms with van der Waals surface area (Å²) in [5, 5.41) is 3.44. The Labute approximate surface area is 151 Å². The molecular formula is C21H30N4. The van der Waals surface area contributed by atoms with Crippen LogP contribution >= 0.6 is 0 Å². The van der Waals surface area contributed by atoms with Gasteiger partial charge < -0.3 is 10.2 Å². The van der Waals surface area contributed by atoms with Crippen molar-refractivity contribution in [1.29, 1.82) is 0 Å². The lowest BCUT2D eigenvalue weighted by Gasteiger charge is -2.40. The van der Waals surface area contributed by atoms with Crippen molar-refractivity contribution in [2.75, 3.05) is 16.8 Å². The van der Waals surface area contributed by atoms with Crippen LogP contribution in [0.3, 0.4) is 0 Å². The zero-order chi connectivity index (χ0) is 18.2. The van der Waals surface area contributed by atoms with Gasteiger partial charge in [0.25, 0.3) is 0 Å². The molecular weight excluding hydrogens is 308 g/mol. The Kier molecular flexibility index (Phi) is 4.72. The Balaban J connectivity index is 2.00. The smallest absolute Gasteiger partial charge is 0.135 e. The van der Waals surface area contributed by atoms with Gasteiger partial charge in [-0.25, -0.2) is 9.97 Å². The molecule has 0 saturated heterocycles. The summed E-state index contributed by atoms with van der Waals surface area (Å²) in [7, 11) is 0. The van der Waals surface area contributed by atoms with E-state index in [0.717, 1.165) is 30.5 Å². The number of rotatable bonds is 4. The van der Waals surface area contributed by atoms with E-state index in [9.17, 15) is 0 Å². The van der Waals surface area contributed by atoms with E-state index in [4.69, 9.17) is 9.97 Å². The average Bonchev–Trinajstić information content (AvgIpc) is 2.53. The normalized spacial score (nSPS) is 16.2. The number of hydrogen-bond donors (Lipinski definition) is 1. The van der Waals surface area contributed by atoms with E-state index < -0.39 is 0 Å². The third-order valence-corrected chi connectivity index (χ3v) is 4.70. The van der Waals surface area contributed by atoms with Crippen LogP contribution in [0.1, 0.15) is 64.4 Å². The van der Waals surface area contributed by atoms with Crippen molar-refractivity contribution in [3.63, 3.8) is 0 Å². The molecule has 0 amide bonds. The maximum atomic E-state index is 4.88. The lowest BCUT2D eigenvalue weighted by molar-refractivity contribution is 0.474. The second kappa shape index (κ2) is 6.66. The number of aromatic nitrogens is 2. The van der Waals surface area contributed by atoms with Gasteiger partial charge in [-0.1, -0.05) is 52.0 Å². The van der Waals surface area contributed by atoms with Gasteiger partial charge in [0.2, 0.25) is 0 Å². The number of hydrogen-bond acceptors (Lipinski definition) is 4. The second-order valence-corrected chi connectivity index (χ2v) is 8.32. The molecule has 4 nitrogen and oxygen atoms in total. The third-order valence-electron chi connectivity index (χ3n) is 4.70. The highest BCUT2D eigenvalue weighted by molar-refractivity contribution is 5.53. The lowest BCUT2D eigenvalue weighted by atomic mass is 9.78. The molecule has 0 atom stereocenters. The van der Waals surface area contributed by atoms with Crippen molar-refractivity contribution in [3.8, 4) is 0 Å². The summed E-state index contributed by atoms with van der Waals surface area (Å²) in [6.07, 6.45) is 0. The van der Waals surface area contributed by atoms with Gasteiger partial charge >= 0.3 is 0 Å². The van der Waals surface area contributed by atoms with Crippen LogP contribution in [0.4, 0.5) is 11.6 Å². The first-order valence-corrected chi connectivity index (χ1v) is 9.25. The average molecular weight is 338 g/mol. The van der Waals surface area contributed by atoms with E-state index >= 15 is 0 Å². The van der Waals surface area contributed by atoms with Crippen LogP contribution in [-0.2, 0) is 12.0 Å². The molecule has 0 aliphatic carbocycles. The monoisotopic (exact) mass is 338 g/mol. The number of nitrogens with zero attached hydrogens (tertiary/aromatic N) is 3. The van der Waals surface area contributed by atoms with Crippen LogP contribution in [0.2, 0.25) is 0 Å². The number of nitrogens with one attached hydrogen (secondary N) is 1. The van der Waals surface area contributed by atoms with E-state index in [1.54, 1.807) is 0 Å². The molecule has 0 saturated carbocycles. The second-order valence-electron chi connectivity index (χ2n) is 8.32. The Morgan fingerprint density at radius 1 is 1.08 bits per heavy atom. The molecule has 134 valence electrons. The van der Waals surface area contributed by atoms with Crippen molar-refractivity contribution >= 4 is 11.6 Å². The maximum Gasteiger partial charge on any atom is 0.135 e. The molecule has 0 spiro atoms. The van der Waals surface area contributed by atoms with Gasteiger partial charge in [0, 0.05) is 36.5 Å². The van der Waals surface area contributed by atoms with Crippen LogP contribution in [0, 0.1) is 0 Å². The summed E-state index contributed by atoms with van der Waals surface area (Å²) in [5.74, 6) is 3.14. The molecule has 0 radical (unpaired) electrons. The van der Waals surface area contributed by atoms with Crippen LogP contribution in [0.15, 0.2) is 30.3 Å². The molecule has 2 aromatic rings. The fourth-order valence-corrected chi connectivity index (χ4v) is 3.55. The van der Waals surface area contributed by atoms with Crippen molar-refractivity contribution in [3.05, 3.63) is 47.3 Å². The molecule has 1 aromatic carbocycles. The van der Waals surface area contributed by atoms with Gasteiger partial charge in [0.1, 0.15) is 17.5 Å². The van der Waals surface area contributed by atoms with Crippen LogP contribution < -0.4 is 10.2 Å². The number of anilines is 2. The molecule has 0 unspecified atom stereocenters. The molecule has 0 fully saturated rings. The van der Waals surface area contributed by atoms with E-state index in [2.05, 4.69) is 82.1 Å². The van der Waals surface area contributed by atoms with Gasteiger partial charge in [-0.2, -0.15) is 0 Å². The van der Waals surface area contributed by atoms with E-state index in [-0.39, 0.29) is 5.41 Å². The van der Waals surface area contributed by atoms with E-state index in [0.29, 0.717) is 12.0 Å². The topological polar surface area (TPSA) is 41.0 Å². The highest BCUT2D eigenvalue weighted by Crippen LogP contribution is 2.35. The molecule has 1 aliphatic heterocycles. The summed E-state index contributed by atoms with van der Waals surface area (Å²) in [6.45, 7) is 15.1. The molecule has 0 bridgehead atoms. The molecule has 2 heterocycles. The lowest BCUT2D eigenvalue weighted by Crippen LogP contribution is -2.42. The minimum atomic E-state index is 0.101. The highest BCUT2D eigenvalue weighted by Gasteiger charge is 2.32. The summed E-state index contributed by atoms with van der Waals surface area (Å²) < 4.78 is 0. The zero-order valence-electron chi connectivity index (χ0n) is 16.3. The van der Waals surface area contributed by atoms with Crippen LogP contribution in [0.5, 0.6) is 0 Å². The Morgan fingerprint density at radius 2 is 1.80 bits per heavy atom. The van der Waals surface area contributed by atoms with Gasteiger partial charge in [-0.3, -0.25) is 0 Å². The summed E-state index contributed by atoms with van der Waals surface area (Å²) in [4.78, 5) is 12.0. The fourth-order valence-electron chi connectivity index (χ4n) is 3.55. The molecule has 4 heteroatoms. The number of fused-ring (bicyclic) bond motifs is 1. The van der Waals surface area contributed by atoms with Crippen LogP contribution in [-0.4, -0.2) is 22.6 Å². The Bertz CT molecular complexity index is 749. The first-order valence-electron chi connectivity index (χ1n) is 9.25. The van der Waals surface area contributed by atoms with Gasteiger partial charge in [-0.05, 0) is 25.0 Å². The van der Waals surface area contributed by atoms with Crippen molar-refractivity contribution in [2.45, 2.75) is 65.5 Å². The predicted octanol–water partition coefficient (Wildman–Crippen LogP) is 4.72. The Morgan fingerprint density at radius 3 is 2.48 bits per heavy atom. The van der Waals surface area contributed by atoms with Gasteiger partial charge in [-0.15, -0.1) is 0 Å². The first-order chi connectivity index (χ1) is 11.8. The molecule has 25 heavy (non-hydrogen) atoms. The fraction of sp³-hybridized carbons (Fsp3) is 0.524. The minimum Gasteiger partial charge on any atom is -0.368 e. The molecule has 1 aromatic heterocycles. The van der Waals surface area contributed by atoms with Gasteiger partial charge in [0.05, 0.1) is 0 Å². The quantitative estimate of drug-likeness (QED) is 0.876. The molecule has 1 N–H and O–H groups in total. The first kappa shape index (κ1) is 17.7. The minimum absolute atomic E-state index is 0.101. The predicted molar refractivity (Wildman–Crippen MR) is 105 cm³/mol. The number of benzene rings is 1. The van der Waals surface area contributed by atoms with Crippen LogP contribution in [0.25, 0.3) is 0 Å². The standard InChI is InChI=1S/C21H30N4/c1-14(2)20-23-18(22-15(3)4)11-19(24-20)25-12-16-9-7-8-10-17(16)21(5,6)13-25/h7-11,14-15H,12-13H2,1-6H3,(H,22,23,24). The van der Waals surface area contributed by atoms with Gasteiger partial charge in [0.15, 0.2) is 0 Å². The summed E-state index contributed by atoms with van der Waals surface area (Å²) in [5.41, 5.74) is 2.94. The van der Waals surface area contributed by atoms with E-state index in [1.807, 2.05) is 0 Å². The summed E-state index contributed by atoms with van der Waals surface area (Å²) >= 11 is 0. The Hall–Kier alpha value is -2.10. The SMILES string of the molecule is CC(C)Nc1cc(N2Cc3ccccc3C(C)(C)C2)nc(C(C)C)n1. The molecule has 3 rings (SSSR count). The third kappa shape index (κ3) is 3.78. The van der Waals surface area contributed by atoms with Crippen molar-refractivity contribution in [1.82, 2.24) is 9.97 Å². The highest BCUT2D eigenvalue weighted by atomic mass is 15.2. The zero-order valence-corrected chi connectivity index (χ0v) is 16.3.